The highest BCUT2D eigenvalue weighted by atomic mass is 35.5. The average molecular weight is 277 g/mol. The number of pyridine rings is 2. The van der Waals surface area contributed by atoms with E-state index in [0.717, 1.165) is 0 Å². The molecule has 2 aromatic heterocycles. The Morgan fingerprint density at radius 1 is 0.706 bits per heavy atom. The third-order valence-electron chi connectivity index (χ3n) is 1.13. The van der Waals surface area contributed by atoms with Crippen molar-refractivity contribution >= 4 is 20.7 Å². The zero-order chi connectivity index (χ0) is 12.1. The van der Waals surface area contributed by atoms with Crippen LogP contribution in [0.3, 0.4) is 0 Å². The summed E-state index contributed by atoms with van der Waals surface area (Å²) >= 11 is 0. The zero-order valence-electron chi connectivity index (χ0n) is 8.88. The monoisotopic (exact) mass is 276 g/mol. The normalized spacial score (nSPS) is 7.71. The fourth-order valence-corrected chi connectivity index (χ4v) is 0.625. The lowest BCUT2D eigenvalue weighted by molar-refractivity contribution is 0.405. The molecule has 0 spiro atoms. The van der Waals surface area contributed by atoms with Gasteiger partial charge in [-0.2, -0.15) is 0 Å². The van der Waals surface area contributed by atoms with Crippen molar-refractivity contribution in [3.05, 3.63) is 61.2 Å². The van der Waals surface area contributed by atoms with E-state index in [1.165, 1.54) is 0 Å². The van der Waals surface area contributed by atoms with E-state index in [4.69, 9.17) is 14.4 Å². The van der Waals surface area contributed by atoms with Gasteiger partial charge in [-0.3, -0.25) is 14.5 Å². The highest BCUT2D eigenvalue weighted by Crippen LogP contribution is 1.98. The predicted molar refractivity (Wildman–Crippen MR) is 69.2 cm³/mol. The van der Waals surface area contributed by atoms with Crippen LogP contribution in [-0.2, 0) is 4.57 Å². The summed E-state index contributed by atoms with van der Waals surface area (Å²) in [6, 6.07) is 11.4. The first-order chi connectivity index (χ1) is 7.73. The molecular weight excluding hydrogens is 263 g/mol. The molecule has 0 aromatic carbocycles. The van der Waals surface area contributed by atoms with Gasteiger partial charge in [0, 0.05) is 24.8 Å². The van der Waals surface area contributed by atoms with Crippen LogP contribution in [0.15, 0.2) is 61.2 Å². The van der Waals surface area contributed by atoms with Crippen LogP contribution in [-0.4, -0.2) is 19.8 Å². The Kier molecular flexibility index (Phi) is 15.7. The van der Waals surface area contributed by atoms with Gasteiger partial charge in [0.25, 0.3) is 0 Å². The molecule has 2 heterocycles. The van der Waals surface area contributed by atoms with Crippen molar-refractivity contribution in [3.8, 4) is 0 Å². The summed E-state index contributed by atoms with van der Waals surface area (Å²) in [4.78, 5) is 21.9. The van der Waals surface area contributed by atoms with Gasteiger partial charge in [0.1, 0.15) is 0 Å². The Labute approximate surface area is 107 Å². The van der Waals surface area contributed by atoms with Crippen molar-refractivity contribution in [2.24, 2.45) is 0 Å². The second-order valence-electron chi connectivity index (χ2n) is 2.33. The zero-order valence-corrected chi connectivity index (χ0v) is 10.7. The van der Waals surface area contributed by atoms with Crippen LogP contribution in [0.1, 0.15) is 0 Å². The molecule has 7 heteroatoms. The third kappa shape index (κ3) is 20.7. The first-order valence-corrected chi connectivity index (χ1v) is 5.65. The Morgan fingerprint density at radius 2 is 0.941 bits per heavy atom. The van der Waals surface area contributed by atoms with Gasteiger partial charge < -0.3 is 9.79 Å². The molecule has 0 atom stereocenters. The van der Waals surface area contributed by atoms with Gasteiger partial charge in [0.2, 0.25) is 0 Å². The van der Waals surface area contributed by atoms with Crippen molar-refractivity contribution in [1.29, 1.82) is 0 Å². The lowest BCUT2D eigenvalue weighted by atomic mass is 10.5. The molecule has 0 aliphatic rings. The average Bonchev–Trinajstić information content (AvgIpc) is 2.34. The number of aromatic nitrogens is 2. The molecule has 0 amide bonds. The summed E-state index contributed by atoms with van der Waals surface area (Å²) in [6.07, 6.45) is 7.00. The molecule has 5 nitrogen and oxygen atoms in total. The molecule has 0 saturated heterocycles. The SMILES string of the molecule is Cl.O=[PH](O)O.c1ccncc1.c1ccncc1. The molecule has 0 aliphatic carbocycles. The Balaban J connectivity index is 0. The summed E-state index contributed by atoms with van der Waals surface area (Å²) < 4.78 is 8.74. The maximum Gasteiger partial charge on any atom is 0.314 e. The summed E-state index contributed by atoms with van der Waals surface area (Å²) in [5.41, 5.74) is 0. The van der Waals surface area contributed by atoms with Gasteiger partial charge >= 0.3 is 8.25 Å². The lowest BCUT2D eigenvalue weighted by Crippen LogP contribution is -1.58. The van der Waals surface area contributed by atoms with E-state index in [1.807, 2.05) is 36.4 Å². The Morgan fingerprint density at radius 3 is 1.00 bits per heavy atom. The van der Waals surface area contributed by atoms with Crippen molar-refractivity contribution in [3.63, 3.8) is 0 Å². The van der Waals surface area contributed by atoms with Gasteiger partial charge in [-0.05, 0) is 24.3 Å². The van der Waals surface area contributed by atoms with Gasteiger partial charge in [0.15, 0.2) is 0 Å². The van der Waals surface area contributed by atoms with Crippen LogP contribution in [0.4, 0.5) is 0 Å². The molecule has 0 saturated carbocycles. The van der Waals surface area contributed by atoms with Crippen LogP contribution >= 0.6 is 20.7 Å². The van der Waals surface area contributed by atoms with Crippen LogP contribution in [0.2, 0.25) is 0 Å². The Bertz CT molecular complexity index is 276. The van der Waals surface area contributed by atoms with E-state index in [-0.39, 0.29) is 12.4 Å². The Hall–Kier alpha value is -1.26. The topological polar surface area (TPSA) is 83.3 Å². The number of hydrogen-bond acceptors (Lipinski definition) is 3. The van der Waals surface area contributed by atoms with Crippen LogP contribution in [0.5, 0.6) is 0 Å². The second kappa shape index (κ2) is 14.7. The summed E-state index contributed by atoms with van der Waals surface area (Å²) in [5.74, 6) is 0. The molecule has 2 aromatic rings. The summed E-state index contributed by atoms with van der Waals surface area (Å²) in [7, 11) is -3.13. The summed E-state index contributed by atoms with van der Waals surface area (Å²) in [5, 5.41) is 0. The molecule has 0 unspecified atom stereocenters. The fraction of sp³-hybridized carbons (Fsp3) is 0. The van der Waals surface area contributed by atoms with E-state index < -0.39 is 8.25 Å². The van der Waals surface area contributed by atoms with Crippen LogP contribution < -0.4 is 0 Å². The number of halogens is 1. The number of nitrogens with zero attached hydrogens (tertiary/aromatic N) is 2. The maximum absolute atomic E-state index is 8.74. The first-order valence-electron chi connectivity index (χ1n) is 4.35. The van der Waals surface area contributed by atoms with Gasteiger partial charge in [0.05, 0.1) is 0 Å². The van der Waals surface area contributed by atoms with Gasteiger partial charge in [-0.1, -0.05) is 12.1 Å². The lowest BCUT2D eigenvalue weighted by Gasteiger charge is -1.70. The fourth-order valence-electron chi connectivity index (χ4n) is 0.625. The van der Waals surface area contributed by atoms with Crippen LogP contribution in [0, 0.1) is 0 Å². The molecule has 0 radical (unpaired) electrons. The number of rotatable bonds is 0. The molecular formula is C10H14ClN2O3P. The first kappa shape index (κ1) is 18.1. The number of hydrogen-bond donors (Lipinski definition) is 2. The molecule has 2 N–H and O–H groups in total. The van der Waals surface area contributed by atoms with Crippen LogP contribution in [0.25, 0.3) is 0 Å². The van der Waals surface area contributed by atoms with E-state index in [0.29, 0.717) is 0 Å². The minimum atomic E-state index is -3.13. The molecule has 17 heavy (non-hydrogen) atoms. The van der Waals surface area contributed by atoms with Crippen molar-refractivity contribution in [2.45, 2.75) is 0 Å². The highest BCUT2D eigenvalue weighted by molar-refractivity contribution is 7.30. The smallest absolute Gasteiger partial charge is 0.314 e. The van der Waals surface area contributed by atoms with Crippen molar-refractivity contribution in [1.82, 2.24) is 9.97 Å². The molecule has 0 bridgehead atoms. The van der Waals surface area contributed by atoms with Gasteiger partial charge in [-0.15, -0.1) is 12.4 Å². The van der Waals surface area contributed by atoms with E-state index in [2.05, 4.69) is 9.97 Å². The van der Waals surface area contributed by atoms with Crippen molar-refractivity contribution in [2.75, 3.05) is 0 Å². The molecule has 94 valence electrons. The highest BCUT2D eigenvalue weighted by Gasteiger charge is 1.61. The standard InChI is InChI=1S/2C5H5N.ClH.H3O3P/c2*1-2-4-6-5-3-1;;1-4(2)3/h2*1-5H;1H;4H,(H2,1,2,3). The van der Waals surface area contributed by atoms with Crippen molar-refractivity contribution < 1.29 is 14.4 Å². The van der Waals surface area contributed by atoms with E-state index in [9.17, 15) is 0 Å². The minimum Gasteiger partial charge on any atom is -0.326 e. The third-order valence-corrected chi connectivity index (χ3v) is 1.13. The molecule has 0 fully saturated rings. The largest absolute Gasteiger partial charge is 0.326 e. The second-order valence-corrected chi connectivity index (χ2v) is 2.90. The van der Waals surface area contributed by atoms with E-state index in [1.54, 1.807) is 24.8 Å². The molecule has 2 rings (SSSR count). The predicted octanol–water partition coefficient (Wildman–Crippen LogP) is 1.95. The quantitative estimate of drug-likeness (QED) is 0.719. The minimum absolute atomic E-state index is 0. The van der Waals surface area contributed by atoms with E-state index >= 15 is 0 Å². The summed E-state index contributed by atoms with van der Waals surface area (Å²) in [6.45, 7) is 0. The maximum atomic E-state index is 8.74. The van der Waals surface area contributed by atoms with Gasteiger partial charge in [-0.25, -0.2) is 0 Å². The molecule has 0 aliphatic heterocycles.